The zero-order valence-electron chi connectivity index (χ0n) is 10.7. The number of carbonyl (C=O) groups excluding carboxylic acids is 1. The number of likely N-dealkylation sites (tertiary alicyclic amines) is 1. The minimum atomic E-state index is 0.212. The van der Waals surface area contributed by atoms with Crippen LogP contribution >= 0.6 is 0 Å². The fourth-order valence-electron chi connectivity index (χ4n) is 2.77. The molecule has 3 heterocycles. The Kier molecular flexibility index (Phi) is 2.96. The summed E-state index contributed by atoms with van der Waals surface area (Å²) >= 11 is 0. The molecule has 1 amide bonds. The molecule has 0 bridgehead atoms. The molecule has 0 radical (unpaired) electrons. The number of hydrogen-bond donors (Lipinski definition) is 2. The van der Waals surface area contributed by atoms with Crippen LogP contribution in [0.5, 0.6) is 0 Å². The number of nitrogens with zero attached hydrogens (tertiary/aromatic N) is 1. The Morgan fingerprint density at radius 3 is 2.89 bits per heavy atom. The summed E-state index contributed by atoms with van der Waals surface area (Å²) in [4.78, 5) is 17.8. The highest BCUT2D eigenvalue weighted by Gasteiger charge is 2.32. The first-order valence-corrected chi connectivity index (χ1v) is 6.61. The van der Waals surface area contributed by atoms with Crippen LogP contribution in [-0.2, 0) is 4.79 Å². The van der Waals surface area contributed by atoms with Crippen LogP contribution in [0.4, 0.5) is 0 Å². The summed E-state index contributed by atoms with van der Waals surface area (Å²) in [5.74, 6) is 0.212. The van der Waals surface area contributed by atoms with Gasteiger partial charge in [0.15, 0.2) is 0 Å². The molecule has 2 saturated heterocycles. The molecule has 1 aromatic rings. The number of carbonyl (C=O) groups is 1. The van der Waals surface area contributed by atoms with E-state index in [9.17, 15) is 4.79 Å². The van der Waals surface area contributed by atoms with Gasteiger partial charge in [0.1, 0.15) is 0 Å². The predicted octanol–water partition coefficient (Wildman–Crippen LogP) is 1.60. The maximum absolute atomic E-state index is 12.5. The van der Waals surface area contributed by atoms with Crippen molar-refractivity contribution in [1.29, 1.82) is 0 Å². The zero-order valence-corrected chi connectivity index (χ0v) is 10.7. The van der Waals surface area contributed by atoms with Gasteiger partial charge in [0, 0.05) is 37.1 Å². The molecular weight excluding hydrogens is 226 g/mol. The molecule has 1 unspecified atom stereocenters. The van der Waals surface area contributed by atoms with E-state index in [0.717, 1.165) is 43.7 Å². The van der Waals surface area contributed by atoms with E-state index in [1.807, 2.05) is 24.1 Å². The first-order chi connectivity index (χ1) is 8.77. The minimum absolute atomic E-state index is 0.212. The summed E-state index contributed by atoms with van der Waals surface area (Å²) < 4.78 is 0. The standard InChI is InChI=1S/C14H19N3O/c1-10(11-8-15-9-11)14(18)17-7-3-5-13(17)12-4-2-6-16-12/h2,4,6,13,15-16H,3,5,7-9H2,1H3. The zero-order chi connectivity index (χ0) is 12.5. The lowest BCUT2D eigenvalue weighted by Crippen LogP contribution is -2.39. The van der Waals surface area contributed by atoms with Crippen molar-refractivity contribution < 1.29 is 4.79 Å². The normalized spacial score (nSPS) is 23.1. The molecule has 0 saturated carbocycles. The Morgan fingerprint density at radius 1 is 1.44 bits per heavy atom. The number of nitrogens with one attached hydrogen (secondary N) is 2. The molecule has 2 N–H and O–H groups in total. The van der Waals surface area contributed by atoms with E-state index >= 15 is 0 Å². The smallest absolute Gasteiger partial charge is 0.250 e. The van der Waals surface area contributed by atoms with Gasteiger partial charge in [-0.15, -0.1) is 0 Å². The Balaban J connectivity index is 1.81. The topological polar surface area (TPSA) is 48.1 Å². The van der Waals surface area contributed by atoms with E-state index in [2.05, 4.69) is 16.4 Å². The quantitative estimate of drug-likeness (QED) is 0.777. The monoisotopic (exact) mass is 245 g/mol. The number of H-pyrrole nitrogens is 1. The Morgan fingerprint density at radius 2 is 2.28 bits per heavy atom. The van der Waals surface area contributed by atoms with Crippen molar-refractivity contribution in [3.8, 4) is 0 Å². The van der Waals surface area contributed by atoms with Crippen LogP contribution in [0.3, 0.4) is 0 Å². The van der Waals surface area contributed by atoms with Crippen molar-refractivity contribution in [2.45, 2.75) is 25.8 Å². The third-order valence-electron chi connectivity index (χ3n) is 4.02. The van der Waals surface area contributed by atoms with Gasteiger partial charge >= 0.3 is 0 Å². The second-order valence-electron chi connectivity index (χ2n) is 5.11. The van der Waals surface area contributed by atoms with Crippen molar-refractivity contribution >= 4 is 5.91 Å². The summed E-state index contributed by atoms with van der Waals surface area (Å²) in [7, 11) is 0. The van der Waals surface area contributed by atoms with Gasteiger partial charge in [-0.05, 0) is 37.5 Å². The predicted molar refractivity (Wildman–Crippen MR) is 70.1 cm³/mol. The van der Waals surface area contributed by atoms with Crippen LogP contribution in [0.15, 0.2) is 29.5 Å². The van der Waals surface area contributed by atoms with Gasteiger partial charge in [-0.2, -0.15) is 0 Å². The highest BCUT2D eigenvalue weighted by Crippen LogP contribution is 2.32. The van der Waals surface area contributed by atoms with Crippen LogP contribution in [-0.4, -0.2) is 35.4 Å². The highest BCUT2D eigenvalue weighted by atomic mass is 16.2. The number of aromatic amines is 1. The van der Waals surface area contributed by atoms with E-state index < -0.39 is 0 Å². The van der Waals surface area contributed by atoms with Gasteiger partial charge in [-0.3, -0.25) is 4.79 Å². The van der Waals surface area contributed by atoms with E-state index in [0.29, 0.717) is 0 Å². The fraction of sp³-hybridized carbons (Fsp3) is 0.500. The van der Waals surface area contributed by atoms with E-state index in [-0.39, 0.29) is 11.9 Å². The molecule has 0 aliphatic carbocycles. The van der Waals surface area contributed by atoms with Gasteiger partial charge in [-0.25, -0.2) is 0 Å². The molecule has 2 fully saturated rings. The Labute approximate surface area is 107 Å². The van der Waals surface area contributed by atoms with E-state index in [1.54, 1.807) is 0 Å². The number of aromatic nitrogens is 1. The molecule has 0 spiro atoms. The van der Waals surface area contributed by atoms with Gasteiger partial charge in [0.2, 0.25) is 5.91 Å². The maximum atomic E-state index is 12.5. The minimum Gasteiger partial charge on any atom is -0.363 e. The molecule has 0 aromatic carbocycles. The third kappa shape index (κ3) is 1.86. The molecule has 2 aliphatic rings. The second-order valence-corrected chi connectivity index (χ2v) is 5.11. The van der Waals surface area contributed by atoms with Gasteiger partial charge in [0.25, 0.3) is 0 Å². The van der Waals surface area contributed by atoms with Gasteiger partial charge < -0.3 is 15.2 Å². The summed E-state index contributed by atoms with van der Waals surface area (Å²) in [6.07, 6.45) is 4.08. The fourth-order valence-corrected chi connectivity index (χ4v) is 2.77. The Hall–Kier alpha value is -1.55. The van der Waals surface area contributed by atoms with Gasteiger partial charge in [-0.1, -0.05) is 0 Å². The number of hydrogen-bond acceptors (Lipinski definition) is 2. The average Bonchev–Trinajstić information content (AvgIpc) is 2.95. The molecular formula is C14H19N3O. The van der Waals surface area contributed by atoms with Gasteiger partial charge in [0.05, 0.1) is 6.04 Å². The second kappa shape index (κ2) is 4.61. The van der Waals surface area contributed by atoms with Crippen molar-refractivity contribution in [3.63, 3.8) is 0 Å². The van der Waals surface area contributed by atoms with Crippen LogP contribution < -0.4 is 5.32 Å². The van der Waals surface area contributed by atoms with E-state index in [1.165, 1.54) is 5.57 Å². The lowest BCUT2D eigenvalue weighted by atomic mass is 10.0. The molecule has 2 aliphatic heterocycles. The first kappa shape index (κ1) is 11.5. The van der Waals surface area contributed by atoms with Crippen LogP contribution in [0.1, 0.15) is 31.5 Å². The lowest BCUT2D eigenvalue weighted by Gasteiger charge is -2.28. The van der Waals surface area contributed by atoms with E-state index in [4.69, 9.17) is 0 Å². The number of amides is 1. The summed E-state index contributed by atoms with van der Waals surface area (Å²) in [6.45, 7) is 4.58. The average molecular weight is 245 g/mol. The molecule has 1 atom stereocenters. The molecule has 3 rings (SSSR count). The Bertz CT molecular complexity index is 469. The third-order valence-corrected chi connectivity index (χ3v) is 4.02. The summed E-state index contributed by atoms with van der Waals surface area (Å²) in [5, 5.41) is 3.19. The SMILES string of the molecule is CC(C(=O)N1CCCC1c1ccc[nH]1)=C1CNC1. The van der Waals surface area contributed by atoms with Crippen molar-refractivity contribution in [3.05, 3.63) is 35.2 Å². The van der Waals surface area contributed by atoms with Crippen molar-refractivity contribution in [2.24, 2.45) is 0 Å². The summed E-state index contributed by atoms with van der Waals surface area (Å²) in [5.41, 5.74) is 3.36. The molecule has 96 valence electrons. The van der Waals surface area contributed by atoms with Crippen molar-refractivity contribution in [1.82, 2.24) is 15.2 Å². The largest absolute Gasteiger partial charge is 0.363 e. The summed E-state index contributed by atoms with van der Waals surface area (Å²) in [6, 6.07) is 4.30. The van der Waals surface area contributed by atoms with Crippen molar-refractivity contribution in [2.75, 3.05) is 19.6 Å². The van der Waals surface area contributed by atoms with Crippen LogP contribution in [0.2, 0.25) is 0 Å². The highest BCUT2D eigenvalue weighted by molar-refractivity contribution is 5.94. The molecule has 18 heavy (non-hydrogen) atoms. The van der Waals surface area contributed by atoms with Crippen LogP contribution in [0, 0.1) is 0 Å². The molecule has 4 nitrogen and oxygen atoms in total. The number of rotatable bonds is 2. The maximum Gasteiger partial charge on any atom is 0.250 e. The molecule has 1 aromatic heterocycles. The molecule has 4 heteroatoms. The lowest BCUT2D eigenvalue weighted by molar-refractivity contribution is -0.128. The first-order valence-electron chi connectivity index (χ1n) is 6.61. The van der Waals surface area contributed by atoms with Crippen LogP contribution in [0.25, 0.3) is 0 Å².